The molecule has 0 radical (unpaired) electrons. The number of hydrogen-bond acceptors (Lipinski definition) is 8. The highest BCUT2D eigenvalue weighted by atomic mass is 32.1. The van der Waals surface area contributed by atoms with E-state index in [-0.39, 0.29) is 24.0 Å². The number of nitrogens with zero attached hydrogens (tertiary/aromatic N) is 4. The van der Waals surface area contributed by atoms with Crippen molar-refractivity contribution >= 4 is 17.2 Å². The van der Waals surface area contributed by atoms with E-state index >= 15 is 0 Å². The quantitative estimate of drug-likeness (QED) is 0.563. The van der Waals surface area contributed by atoms with Gasteiger partial charge in [-0.1, -0.05) is 16.4 Å². The van der Waals surface area contributed by atoms with Crippen LogP contribution < -0.4 is 5.32 Å². The second-order valence-electron chi connectivity index (χ2n) is 5.16. The molecule has 0 aliphatic heterocycles. The Kier molecular flexibility index (Phi) is 3.86. The highest BCUT2D eigenvalue weighted by Gasteiger charge is 2.15. The molecule has 0 bridgehead atoms. The summed E-state index contributed by atoms with van der Waals surface area (Å²) in [6, 6.07) is 7.27. The molecule has 4 aromatic rings. The van der Waals surface area contributed by atoms with Gasteiger partial charge in [0.05, 0.1) is 17.1 Å². The third kappa shape index (κ3) is 3.19. The number of carbonyl (C=O) groups excluding carboxylic acids is 1. The van der Waals surface area contributed by atoms with Gasteiger partial charge in [0, 0.05) is 6.07 Å². The Morgan fingerprint density at radius 2 is 2.24 bits per heavy atom. The molecule has 10 heteroatoms. The molecule has 4 heterocycles. The molecule has 25 heavy (non-hydrogen) atoms. The predicted octanol–water partition coefficient (Wildman–Crippen LogP) is 2.41. The lowest BCUT2D eigenvalue weighted by Gasteiger charge is -1.97. The van der Waals surface area contributed by atoms with E-state index in [1.165, 1.54) is 0 Å². The maximum Gasteiger partial charge on any atom is 0.272 e. The summed E-state index contributed by atoms with van der Waals surface area (Å²) in [4.78, 5) is 17.3. The molecule has 4 rings (SSSR count). The summed E-state index contributed by atoms with van der Waals surface area (Å²) in [7, 11) is 0. The second-order valence-corrected chi connectivity index (χ2v) is 6.11. The van der Waals surface area contributed by atoms with Crippen molar-refractivity contribution in [3.8, 4) is 22.1 Å². The van der Waals surface area contributed by atoms with Gasteiger partial charge in [-0.3, -0.25) is 9.89 Å². The van der Waals surface area contributed by atoms with Gasteiger partial charge in [0.25, 0.3) is 5.91 Å². The van der Waals surface area contributed by atoms with E-state index in [4.69, 9.17) is 9.05 Å². The first kappa shape index (κ1) is 15.3. The molecular weight excluding hydrogens is 344 g/mol. The van der Waals surface area contributed by atoms with Crippen molar-refractivity contribution in [1.82, 2.24) is 30.8 Å². The van der Waals surface area contributed by atoms with Crippen LogP contribution in [0.2, 0.25) is 0 Å². The summed E-state index contributed by atoms with van der Waals surface area (Å²) >= 11 is 1.56. The summed E-state index contributed by atoms with van der Waals surface area (Å²) < 4.78 is 10.1. The lowest BCUT2D eigenvalue weighted by molar-refractivity contribution is 0.0941. The number of thiophene rings is 1. The fraction of sp³-hybridized carbons (Fsp3) is 0.133. The molecular formula is C15H12N6O3S. The Hall–Kier alpha value is -3.27. The molecule has 0 atom stereocenters. The number of amides is 1. The molecule has 0 unspecified atom stereocenters. The maximum atomic E-state index is 12.2. The highest BCUT2D eigenvalue weighted by Crippen LogP contribution is 2.22. The number of H-pyrrole nitrogens is 1. The Labute approximate surface area is 145 Å². The minimum atomic E-state index is -0.337. The molecule has 2 N–H and O–H groups in total. The molecule has 0 aromatic carbocycles. The zero-order valence-electron chi connectivity index (χ0n) is 13.0. The number of aromatic amines is 1. The van der Waals surface area contributed by atoms with Crippen molar-refractivity contribution in [2.45, 2.75) is 13.5 Å². The second kappa shape index (κ2) is 6.32. The van der Waals surface area contributed by atoms with Crippen LogP contribution in [-0.2, 0) is 6.54 Å². The van der Waals surface area contributed by atoms with E-state index in [1.54, 1.807) is 30.4 Å². The predicted molar refractivity (Wildman–Crippen MR) is 87.6 cm³/mol. The Balaban J connectivity index is 1.40. The maximum absolute atomic E-state index is 12.2. The van der Waals surface area contributed by atoms with E-state index in [0.717, 1.165) is 10.6 Å². The van der Waals surface area contributed by atoms with Gasteiger partial charge in [0.1, 0.15) is 5.76 Å². The number of carbonyl (C=O) groups is 1. The molecule has 0 spiro atoms. The van der Waals surface area contributed by atoms with Gasteiger partial charge in [0.2, 0.25) is 11.7 Å². The van der Waals surface area contributed by atoms with Gasteiger partial charge >= 0.3 is 0 Å². The van der Waals surface area contributed by atoms with Crippen LogP contribution >= 0.6 is 11.3 Å². The van der Waals surface area contributed by atoms with E-state index < -0.39 is 0 Å². The first-order chi connectivity index (χ1) is 12.2. The van der Waals surface area contributed by atoms with Gasteiger partial charge in [-0.2, -0.15) is 10.1 Å². The number of hydrogen-bond donors (Lipinski definition) is 2. The largest absolute Gasteiger partial charge is 0.361 e. The molecule has 0 aliphatic rings. The van der Waals surface area contributed by atoms with Crippen molar-refractivity contribution < 1.29 is 13.8 Å². The van der Waals surface area contributed by atoms with Crippen LogP contribution in [0, 0.1) is 6.92 Å². The monoisotopic (exact) mass is 356 g/mol. The third-order valence-corrected chi connectivity index (χ3v) is 4.23. The molecule has 0 saturated heterocycles. The summed E-state index contributed by atoms with van der Waals surface area (Å²) in [5, 5.41) is 19.1. The van der Waals surface area contributed by atoms with Crippen molar-refractivity contribution in [1.29, 1.82) is 0 Å². The SMILES string of the molecule is Cc1cc(-c2noc(CNC(=O)c3cc(-c4cccs4)[nH]n3)n2)no1. The minimum absolute atomic E-state index is 0.0872. The Morgan fingerprint density at radius 3 is 3.00 bits per heavy atom. The molecule has 4 aromatic heterocycles. The lowest BCUT2D eigenvalue weighted by atomic mass is 10.3. The number of rotatable bonds is 5. The molecule has 0 aliphatic carbocycles. The normalized spacial score (nSPS) is 10.9. The minimum Gasteiger partial charge on any atom is -0.361 e. The topological polar surface area (TPSA) is 123 Å². The first-order valence-electron chi connectivity index (χ1n) is 7.33. The number of aryl methyl sites for hydroxylation is 1. The smallest absolute Gasteiger partial charge is 0.272 e. The van der Waals surface area contributed by atoms with Gasteiger partial charge in [-0.05, 0) is 24.4 Å². The van der Waals surface area contributed by atoms with Crippen LogP contribution in [0.5, 0.6) is 0 Å². The van der Waals surface area contributed by atoms with Gasteiger partial charge in [-0.15, -0.1) is 11.3 Å². The van der Waals surface area contributed by atoms with E-state index in [9.17, 15) is 4.79 Å². The van der Waals surface area contributed by atoms with Gasteiger partial charge in [0.15, 0.2) is 11.4 Å². The van der Waals surface area contributed by atoms with Crippen molar-refractivity contribution in [3.05, 3.63) is 47.0 Å². The average Bonchev–Trinajstić information content (AvgIpc) is 3.38. The van der Waals surface area contributed by atoms with Crippen molar-refractivity contribution in [2.75, 3.05) is 0 Å². The summed E-state index contributed by atoms with van der Waals surface area (Å²) in [6.07, 6.45) is 0. The zero-order chi connectivity index (χ0) is 17.2. The van der Waals surface area contributed by atoms with Gasteiger partial charge < -0.3 is 14.4 Å². The molecule has 0 fully saturated rings. The molecule has 1 amide bonds. The van der Waals surface area contributed by atoms with E-state index in [1.807, 2.05) is 17.5 Å². The summed E-state index contributed by atoms with van der Waals surface area (Å²) in [5.74, 6) is 0.879. The van der Waals surface area contributed by atoms with E-state index in [0.29, 0.717) is 17.3 Å². The summed E-state index contributed by atoms with van der Waals surface area (Å²) in [6.45, 7) is 1.86. The first-order valence-corrected chi connectivity index (χ1v) is 8.21. The Bertz CT molecular complexity index is 1000. The van der Waals surface area contributed by atoms with Crippen LogP contribution in [-0.4, -0.2) is 31.4 Å². The Morgan fingerprint density at radius 1 is 1.32 bits per heavy atom. The number of nitrogens with one attached hydrogen (secondary N) is 2. The summed E-state index contributed by atoms with van der Waals surface area (Å²) in [5.41, 5.74) is 1.56. The lowest BCUT2D eigenvalue weighted by Crippen LogP contribution is -2.23. The molecule has 0 saturated carbocycles. The average molecular weight is 356 g/mol. The molecule has 9 nitrogen and oxygen atoms in total. The van der Waals surface area contributed by atoms with Crippen LogP contribution in [0.25, 0.3) is 22.1 Å². The van der Waals surface area contributed by atoms with Crippen LogP contribution in [0.15, 0.2) is 38.7 Å². The third-order valence-electron chi connectivity index (χ3n) is 3.32. The van der Waals surface area contributed by atoms with E-state index in [2.05, 4.69) is 30.8 Å². The van der Waals surface area contributed by atoms with Crippen LogP contribution in [0.3, 0.4) is 0 Å². The fourth-order valence-electron chi connectivity index (χ4n) is 2.15. The van der Waals surface area contributed by atoms with Crippen molar-refractivity contribution in [3.63, 3.8) is 0 Å². The fourth-order valence-corrected chi connectivity index (χ4v) is 2.84. The highest BCUT2D eigenvalue weighted by molar-refractivity contribution is 7.13. The van der Waals surface area contributed by atoms with Crippen LogP contribution in [0.4, 0.5) is 0 Å². The molecule has 126 valence electrons. The van der Waals surface area contributed by atoms with Gasteiger partial charge in [-0.25, -0.2) is 0 Å². The number of aromatic nitrogens is 5. The standard InChI is InChI=1S/C15H12N6O3S/c1-8-5-10(20-23-8)14-17-13(24-21-14)7-16-15(22)11-6-9(18-19-11)12-3-2-4-25-12/h2-6H,7H2,1H3,(H,16,22)(H,18,19). The van der Waals surface area contributed by atoms with Crippen molar-refractivity contribution in [2.24, 2.45) is 0 Å². The van der Waals surface area contributed by atoms with Crippen LogP contribution in [0.1, 0.15) is 22.1 Å². The zero-order valence-corrected chi connectivity index (χ0v) is 13.8.